The molecule has 2 heterocycles. The zero-order chi connectivity index (χ0) is 12.2. The normalized spacial score (nSPS) is 37.9. The smallest absolute Gasteiger partial charge is 0.327 e. The summed E-state index contributed by atoms with van der Waals surface area (Å²) < 4.78 is -0.144. The topological polar surface area (TPSA) is 57.6 Å². The Kier molecular flexibility index (Phi) is 2.93. The second-order valence-electron chi connectivity index (χ2n) is 4.80. The molecule has 6 heteroatoms. The third-order valence-electron chi connectivity index (χ3n) is 3.21. The Labute approximate surface area is 112 Å². The third-order valence-corrected chi connectivity index (χ3v) is 5.58. The van der Waals surface area contributed by atoms with Crippen LogP contribution in [0, 0.1) is 5.92 Å². The molecule has 16 heavy (non-hydrogen) atoms. The summed E-state index contributed by atoms with van der Waals surface area (Å²) in [6.45, 7) is 5.80. The lowest BCUT2D eigenvalue weighted by atomic mass is 9.90. The Hall–Kier alpha value is 0.0200. The number of hydrogen-bond donors (Lipinski definition) is 1. The van der Waals surface area contributed by atoms with Crippen molar-refractivity contribution in [3.8, 4) is 0 Å². The Morgan fingerprint density at radius 3 is 2.62 bits per heavy atom. The lowest BCUT2D eigenvalue weighted by Crippen LogP contribution is -2.64. The summed E-state index contributed by atoms with van der Waals surface area (Å²) in [4.78, 5) is 24.7. The lowest BCUT2D eigenvalue weighted by Gasteiger charge is -2.45. The number of carbonyl (C=O) groups is 2. The minimum absolute atomic E-state index is 0.00243. The maximum absolute atomic E-state index is 11.9. The number of rotatable bonds is 2. The van der Waals surface area contributed by atoms with Gasteiger partial charge in [-0.05, 0) is 13.8 Å². The predicted octanol–water partition coefficient (Wildman–Crippen LogP) is 1.57. The van der Waals surface area contributed by atoms with Gasteiger partial charge in [-0.2, -0.15) is 0 Å². The summed E-state index contributed by atoms with van der Waals surface area (Å²) in [7, 11) is 0. The van der Waals surface area contributed by atoms with Crippen LogP contribution in [0.5, 0.6) is 0 Å². The predicted molar refractivity (Wildman–Crippen MR) is 70.7 cm³/mol. The number of halogens is 1. The number of hydrogen-bond acceptors (Lipinski definition) is 3. The minimum atomic E-state index is -0.895. The van der Waals surface area contributed by atoms with E-state index in [1.807, 2.05) is 20.8 Å². The number of alkyl halides is 1. The van der Waals surface area contributed by atoms with E-state index in [4.69, 9.17) is 0 Å². The van der Waals surface area contributed by atoms with E-state index >= 15 is 0 Å². The van der Waals surface area contributed by atoms with Crippen molar-refractivity contribution >= 4 is 46.2 Å². The van der Waals surface area contributed by atoms with E-state index in [0.717, 1.165) is 0 Å². The molecule has 4 atom stereocenters. The first-order valence-corrected chi connectivity index (χ1v) is 7.27. The third kappa shape index (κ3) is 1.56. The zero-order valence-electron chi connectivity index (χ0n) is 9.31. The number of amides is 1. The fourth-order valence-corrected chi connectivity index (χ4v) is 5.25. The van der Waals surface area contributed by atoms with Crippen LogP contribution in [0.4, 0.5) is 0 Å². The average Bonchev–Trinajstić information content (AvgIpc) is 2.33. The van der Waals surface area contributed by atoms with Crippen LogP contribution in [0.1, 0.15) is 20.8 Å². The second-order valence-corrected chi connectivity index (χ2v) is 8.54. The Bertz CT molecular complexity index is 358. The van der Waals surface area contributed by atoms with Crippen molar-refractivity contribution in [1.29, 1.82) is 0 Å². The molecule has 1 amide bonds. The van der Waals surface area contributed by atoms with E-state index in [1.165, 1.54) is 0 Å². The van der Waals surface area contributed by atoms with Gasteiger partial charge in [-0.3, -0.25) is 4.79 Å². The van der Waals surface area contributed by atoms with E-state index in [1.54, 1.807) is 16.7 Å². The van der Waals surface area contributed by atoms with Gasteiger partial charge in [-0.25, -0.2) is 4.79 Å². The van der Waals surface area contributed by atoms with Crippen LogP contribution in [0.2, 0.25) is 0 Å². The van der Waals surface area contributed by atoms with Gasteiger partial charge in [0.25, 0.3) is 0 Å². The molecule has 2 aliphatic rings. The maximum Gasteiger partial charge on any atom is 0.327 e. The molecular weight excluding hydrogens is 341 g/mol. The summed E-state index contributed by atoms with van der Waals surface area (Å²) in [6.07, 6.45) is 0. The molecule has 1 N–H and O–H groups in total. The first-order valence-electron chi connectivity index (χ1n) is 5.14. The van der Waals surface area contributed by atoms with E-state index in [2.05, 4.69) is 22.6 Å². The number of carboxylic acids is 1. The molecule has 0 aromatic heterocycles. The monoisotopic (exact) mass is 355 g/mol. The highest BCUT2D eigenvalue weighted by atomic mass is 127. The molecule has 4 nitrogen and oxygen atoms in total. The SMILES string of the molecule is CC(I)C1C(=O)N2[C@@H]1SC(C)(C)[C@@H]2C(=O)O. The molecule has 0 aromatic carbocycles. The van der Waals surface area contributed by atoms with E-state index in [9.17, 15) is 14.7 Å². The van der Waals surface area contributed by atoms with Crippen LogP contribution in [-0.2, 0) is 9.59 Å². The van der Waals surface area contributed by atoms with Crippen LogP contribution in [-0.4, -0.2) is 42.0 Å². The minimum Gasteiger partial charge on any atom is -0.480 e. The first-order chi connectivity index (χ1) is 7.27. The highest BCUT2D eigenvalue weighted by molar-refractivity contribution is 14.1. The van der Waals surface area contributed by atoms with Gasteiger partial charge >= 0.3 is 5.97 Å². The van der Waals surface area contributed by atoms with Gasteiger partial charge in [0, 0.05) is 8.67 Å². The highest BCUT2D eigenvalue weighted by Gasteiger charge is 2.64. The molecule has 0 aromatic rings. The van der Waals surface area contributed by atoms with Crippen molar-refractivity contribution in [1.82, 2.24) is 4.90 Å². The molecule has 90 valence electrons. The van der Waals surface area contributed by atoms with Gasteiger partial charge in [0.2, 0.25) is 5.91 Å². The van der Waals surface area contributed by atoms with Gasteiger partial charge < -0.3 is 10.0 Å². The van der Waals surface area contributed by atoms with E-state index in [0.29, 0.717) is 0 Å². The number of thioether (sulfide) groups is 1. The standard InChI is InChI=1S/C10H14INO3S/c1-4(11)5-7(13)12-6(9(14)15)10(2,3)16-8(5)12/h4-6,8H,1-3H3,(H,14,15)/t4?,5?,6-,8+/m0/s1. The van der Waals surface area contributed by atoms with Crippen molar-refractivity contribution < 1.29 is 14.7 Å². The van der Waals surface area contributed by atoms with Crippen LogP contribution >= 0.6 is 34.4 Å². The number of carboxylic acid groups (broad SMARTS) is 1. The van der Waals surface area contributed by atoms with Gasteiger partial charge in [0.1, 0.15) is 6.04 Å². The van der Waals surface area contributed by atoms with Crippen molar-refractivity contribution in [3.05, 3.63) is 0 Å². The van der Waals surface area contributed by atoms with Crippen LogP contribution < -0.4 is 0 Å². The van der Waals surface area contributed by atoms with Crippen LogP contribution in [0.15, 0.2) is 0 Å². The number of fused-ring (bicyclic) bond motifs is 1. The molecule has 0 radical (unpaired) electrons. The number of β-lactam (4-membered cyclic amide) rings is 1. The summed E-state index contributed by atoms with van der Waals surface area (Å²) in [6, 6.07) is -0.679. The van der Waals surface area contributed by atoms with Gasteiger partial charge in [-0.1, -0.05) is 29.5 Å². The van der Waals surface area contributed by atoms with Gasteiger partial charge in [0.05, 0.1) is 11.3 Å². The summed E-state index contributed by atoms with van der Waals surface area (Å²) in [5.74, 6) is -0.917. The van der Waals surface area contributed by atoms with Crippen molar-refractivity contribution in [2.75, 3.05) is 0 Å². The van der Waals surface area contributed by atoms with Gasteiger partial charge in [-0.15, -0.1) is 11.8 Å². The molecule has 2 rings (SSSR count). The van der Waals surface area contributed by atoms with Crippen molar-refractivity contribution in [3.63, 3.8) is 0 Å². The fraction of sp³-hybridized carbons (Fsp3) is 0.800. The Morgan fingerprint density at radius 2 is 2.19 bits per heavy atom. The fourth-order valence-electron chi connectivity index (χ4n) is 2.46. The second kappa shape index (κ2) is 3.76. The Balaban J connectivity index is 2.28. The average molecular weight is 355 g/mol. The Morgan fingerprint density at radius 1 is 1.62 bits per heavy atom. The molecule has 2 fully saturated rings. The van der Waals surface area contributed by atoms with Crippen molar-refractivity contribution in [2.24, 2.45) is 5.92 Å². The van der Waals surface area contributed by atoms with E-state index in [-0.39, 0.29) is 21.1 Å². The molecule has 0 saturated carbocycles. The molecule has 0 spiro atoms. The highest BCUT2D eigenvalue weighted by Crippen LogP contribution is 2.54. The molecular formula is C10H14INO3S. The van der Waals surface area contributed by atoms with Gasteiger partial charge in [0.15, 0.2) is 0 Å². The summed E-state index contributed by atoms with van der Waals surface area (Å²) in [5, 5.41) is 9.26. The van der Waals surface area contributed by atoms with Crippen LogP contribution in [0.3, 0.4) is 0 Å². The molecule has 2 saturated heterocycles. The number of carbonyl (C=O) groups excluding carboxylic acids is 1. The number of nitrogens with zero attached hydrogens (tertiary/aromatic N) is 1. The largest absolute Gasteiger partial charge is 0.480 e. The maximum atomic E-state index is 11.9. The molecule has 0 bridgehead atoms. The lowest BCUT2D eigenvalue weighted by molar-refractivity contribution is -0.163. The quantitative estimate of drug-likeness (QED) is 0.464. The van der Waals surface area contributed by atoms with E-state index < -0.39 is 16.8 Å². The molecule has 2 unspecified atom stereocenters. The zero-order valence-corrected chi connectivity index (χ0v) is 12.3. The van der Waals surface area contributed by atoms with Crippen molar-refractivity contribution in [2.45, 2.75) is 40.9 Å². The summed E-state index contributed by atoms with van der Waals surface area (Å²) in [5.41, 5.74) is 0. The molecule has 2 aliphatic heterocycles. The number of aliphatic carboxylic acids is 1. The summed E-state index contributed by atoms with van der Waals surface area (Å²) >= 11 is 3.85. The molecule has 0 aliphatic carbocycles. The first kappa shape index (κ1) is 12.5. The van der Waals surface area contributed by atoms with Crippen LogP contribution in [0.25, 0.3) is 0 Å².